The third-order valence-electron chi connectivity index (χ3n) is 4.55. The van der Waals surface area contributed by atoms with E-state index in [1.165, 1.54) is 19.1 Å². The SMILES string of the molecule is CC(=O)c1ccc(N2CCN(C(=O)/C=C/c3cccc(Cl)c3)CC2)c(F)c1. The number of hydrogen-bond acceptors (Lipinski definition) is 3. The average molecular weight is 387 g/mol. The van der Waals surface area contributed by atoms with Crippen molar-refractivity contribution in [3.05, 3.63) is 70.5 Å². The van der Waals surface area contributed by atoms with E-state index in [1.54, 1.807) is 35.2 Å². The summed E-state index contributed by atoms with van der Waals surface area (Å²) in [4.78, 5) is 27.3. The molecular formula is C21H20ClFN2O2. The first-order chi connectivity index (χ1) is 12.9. The van der Waals surface area contributed by atoms with Crippen LogP contribution in [0.25, 0.3) is 6.08 Å². The van der Waals surface area contributed by atoms with Crippen molar-refractivity contribution in [2.24, 2.45) is 0 Å². The Morgan fingerprint density at radius 3 is 2.44 bits per heavy atom. The van der Waals surface area contributed by atoms with E-state index in [9.17, 15) is 14.0 Å². The molecule has 2 aromatic rings. The van der Waals surface area contributed by atoms with Crippen LogP contribution in [0.15, 0.2) is 48.5 Å². The number of rotatable bonds is 4. The fraction of sp³-hybridized carbons (Fsp3) is 0.238. The Labute approximate surface area is 162 Å². The van der Waals surface area contributed by atoms with Crippen molar-refractivity contribution in [2.45, 2.75) is 6.92 Å². The zero-order valence-electron chi connectivity index (χ0n) is 15.0. The van der Waals surface area contributed by atoms with Gasteiger partial charge in [0, 0.05) is 42.8 Å². The number of anilines is 1. The Morgan fingerprint density at radius 2 is 1.81 bits per heavy atom. The summed E-state index contributed by atoms with van der Waals surface area (Å²) in [5, 5.41) is 0.621. The zero-order valence-corrected chi connectivity index (χ0v) is 15.7. The Kier molecular flexibility index (Phi) is 5.91. The Hall–Kier alpha value is -2.66. The molecule has 0 N–H and O–H groups in total. The summed E-state index contributed by atoms with van der Waals surface area (Å²) in [7, 11) is 0. The lowest BCUT2D eigenvalue weighted by molar-refractivity contribution is -0.126. The molecule has 140 valence electrons. The van der Waals surface area contributed by atoms with Crippen LogP contribution in [-0.4, -0.2) is 42.8 Å². The van der Waals surface area contributed by atoms with Crippen LogP contribution in [0.5, 0.6) is 0 Å². The lowest BCUT2D eigenvalue weighted by Gasteiger charge is -2.35. The molecule has 0 radical (unpaired) electrons. The van der Waals surface area contributed by atoms with Gasteiger partial charge in [-0.2, -0.15) is 0 Å². The quantitative estimate of drug-likeness (QED) is 0.588. The van der Waals surface area contributed by atoms with E-state index in [4.69, 9.17) is 11.6 Å². The van der Waals surface area contributed by atoms with Gasteiger partial charge in [0.1, 0.15) is 5.82 Å². The van der Waals surface area contributed by atoms with Gasteiger partial charge in [0.05, 0.1) is 5.69 Å². The van der Waals surface area contributed by atoms with Gasteiger partial charge in [0.2, 0.25) is 5.91 Å². The fourth-order valence-electron chi connectivity index (χ4n) is 3.03. The van der Waals surface area contributed by atoms with Crippen molar-refractivity contribution in [1.29, 1.82) is 0 Å². The standard InChI is InChI=1S/C21H20ClFN2O2/c1-15(26)17-6-7-20(19(23)14-17)24-9-11-25(12-10-24)21(27)8-5-16-3-2-4-18(22)13-16/h2-8,13-14H,9-12H2,1H3/b8-5+. The molecule has 0 saturated carbocycles. The second kappa shape index (κ2) is 8.35. The largest absolute Gasteiger partial charge is 0.366 e. The highest BCUT2D eigenvalue weighted by atomic mass is 35.5. The van der Waals surface area contributed by atoms with Crippen LogP contribution in [-0.2, 0) is 4.79 Å². The molecule has 0 spiro atoms. The molecule has 3 rings (SSSR count). The summed E-state index contributed by atoms with van der Waals surface area (Å²) < 4.78 is 14.3. The van der Waals surface area contributed by atoms with E-state index in [0.29, 0.717) is 42.5 Å². The molecule has 0 aromatic heterocycles. The van der Waals surface area contributed by atoms with Crippen molar-refractivity contribution in [1.82, 2.24) is 4.90 Å². The van der Waals surface area contributed by atoms with Crippen molar-refractivity contribution in [2.75, 3.05) is 31.1 Å². The van der Waals surface area contributed by atoms with Crippen molar-refractivity contribution in [3.63, 3.8) is 0 Å². The van der Waals surface area contributed by atoms with Crippen LogP contribution in [0.4, 0.5) is 10.1 Å². The third kappa shape index (κ3) is 4.74. The molecule has 1 aliphatic heterocycles. The predicted molar refractivity (Wildman–Crippen MR) is 106 cm³/mol. The summed E-state index contributed by atoms with van der Waals surface area (Å²) in [5.74, 6) is -0.660. The number of amides is 1. The maximum atomic E-state index is 14.3. The molecule has 27 heavy (non-hydrogen) atoms. The lowest BCUT2D eigenvalue weighted by Crippen LogP contribution is -2.48. The van der Waals surface area contributed by atoms with Crippen LogP contribution in [0.3, 0.4) is 0 Å². The van der Waals surface area contributed by atoms with Gasteiger partial charge in [-0.25, -0.2) is 4.39 Å². The first kappa shape index (κ1) is 19.1. The van der Waals surface area contributed by atoms with E-state index in [2.05, 4.69) is 0 Å². The molecule has 1 aliphatic rings. The molecule has 0 bridgehead atoms. The third-order valence-corrected chi connectivity index (χ3v) is 4.79. The maximum absolute atomic E-state index is 14.3. The molecule has 1 heterocycles. The van der Waals surface area contributed by atoms with Crippen molar-refractivity contribution in [3.8, 4) is 0 Å². The van der Waals surface area contributed by atoms with E-state index >= 15 is 0 Å². The minimum absolute atomic E-state index is 0.0815. The number of halogens is 2. The van der Waals surface area contributed by atoms with E-state index < -0.39 is 5.82 Å². The Balaban J connectivity index is 1.60. The van der Waals surface area contributed by atoms with Crippen LogP contribution in [0.2, 0.25) is 5.02 Å². The smallest absolute Gasteiger partial charge is 0.246 e. The fourth-order valence-corrected chi connectivity index (χ4v) is 3.23. The van der Waals surface area contributed by atoms with Gasteiger partial charge in [-0.1, -0.05) is 23.7 Å². The number of ketones is 1. The topological polar surface area (TPSA) is 40.6 Å². The lowest BCUT2D eigenvalue weighted by atomic mass is 10.1. The Morgan fingerprint density at radius 1 is 1.07 bits per heavy atom. The highest BCUT2D eigenvalue weighted by Gasteiger charge is 2.22. The molecule has 1 saturated heterocycles. The second-order valence-corrected chi connectivity index (χ2v) is 6.86. The molecule has 0 unspecified atom stereocenters. The summed E-state index contributed by atoms with van der Waals surface area (Å²) in [6, 6.07) is 11.8. The van der Waals surface area contributed by atoms with Gasteiger partial charge >= 0.3 is 0 Å². The van der Waals surface area contributed by atoms with E-state index in [1.807, 2.05) is 17.0 Å². The van der Waals surface area contributed by atoms with Gasteiger partial charge in [-0.15, -0.1) is 0 Å². The number of hydrogen-bond donors (Lipinski definition) is 0. The first-order valence-corrected chi connectivity index (χ1v) is 9.10. The number of Topliss-reactive ketones (excluding diaryl/α,β-unsaturated/α-hetero) is 1. The van der Waals surface area contributed by atoms with Crippen LogP contribution in [0, 0.1) is 5.82 Å². The normalized spacial score (nSPS) is 14.6. The van der Waals surface area contributed by atoms with Crippen LogP contribution < -0.4 is 4.90 Å². The zero-order chi connectivity index (χ0) is 19.4. The second-order valence-electron chi connectivity index (χ2n) is 6.42. The Bertz CT molecular complexity index is 890. The van der Waals surface area contributed by atoms with E-state index in [0.717, 1.165) is 5.56 Å². The summed E-state index contributed by atoms with van der Waals surface area (Å²) in [5.41, 5.74) is 1.68. The monoisotopic (exact) mass is 386 g/mol. The highest BCUT2D eigenvalue weighted by molar-refractivity contribution is 6.30. The van der Waals surface area contributed by atoms with Gasteiger partial charge < -0.3 is 9.80 Å². The molecule has 0 atom stereocenters. The summed E-state index contributed by atoms with van der Waals surface area (Å²) in [6.07, 6.45) is 3.27. The molecule has 4 nitrogen and oxygen atoms in total. The average Bonchev–Trinajstić information content (AvgIpc) is 2.66. The van der Waals surface area contributed by atoms with Gasteiger partial charge in [0.15, 0.2) is 5.78 Å². The molecule has 0 aliphatic carbocycles. The number of carbonyl (C=O) groups excluding carboxylic acids is 2. The highest BCUT2D eigenvalue weighted by Crippen LogP contribution is 2.22. The molecule has 1 amide bonds. The maximum Gasteiger partial charge on any atom is 0.246 e. The minimum Gasteiger partial charge on any atom is -0.366 e. The van der Waals surface area contributed by atoms with Crippen LogP contribution in [0.1, 0.15) is 22.8 Å². The molecule has 2 aromatic carbocycles. The summed E-state index contributed by atoms with van der Waals surface area (Å²) in [6.45, 7) is 3.50. The number of carbonyl (C=O) groups is 2. The minimum atomic E-state index is -0.414. The van der Waals surface area contributed by atoms with Crippen molar-refractivity contribution < 1.29 is 14.0 Å². The number of benzene rings is 2. The first-order valence-electron chi connectivity index (χ1n) is 8.72. The van der Waals surface area contributed by atoms with Gasteiger partial charge in [-0.3, -0.25) is 9.59 Å². The predicted octanol–water partition coefficient (Wildman–Crippen LogP) is 4.04. The molecule has 1 fully saturated rings. The van der Waals surface area contributed by atoms with Gasteiger partial charge in [-0.05, 0) is 48.9 Å². The number of nitrogens with zero attached hydrogens (tertiary/aromatic N) is 2. The molecule has 6 heteroatoms. The molecular weight excluding hydrogens is 367 g/mol. The van der Waals surface area contributed by atoms with Crippen molar-refractivity contribution >= 4 is 35.1 Å². The number of piperazine rings is 1. The summed E-state index contributed by atoms with van der Waals surface area (Å²) >= 11 is 5.94. The van der Waals surface area contributed by atoms with Crippen LogP contribution >= 0.6 is 11.6 Å². The van der Waals surface area contributed by atoms with Gasteiger partial charge in [0.25, 0.3) is 0 Å². The van der Waals surface area contributed by atoms with E-state index in [-0.39, 0.29) is 11.7 Å².